The van der Waals surface area contributed by atoms with Crippen molar-refractivity contribution in [1.29, 1.82) is 0 Å². The van der Waals surface area contributed by atoms with Crippen molar-refractivity contribution in [2.75, 3.05) is 13.1 Å². The molecule has 0 fully saturated rings. The summed E-state index contributed by atoms with van der Waals surface area (Å²) in [5.41, 5.74) is 0. The van der Waals surface area contributed by atoms with Crippen LogP contribution in [0.3, 0.4) is 0 Å². The van der Waals surface area contributed by atoms with Crippen LogP contribution in [0.15, 0.2) is 11.6 Å². The monoisotopic (exact) mass is 287 g/mol. The maximum atomic E-state index is 11.4. The van der Waals surface area contributed by atoms with Crippen LogP contribution in [0.25, 0.3) is 0 Å². The summed E-state index contributed by atoms with van der Waals surface area (Å²) in [5, 5.41) is 25.4. The van der Waals surface area contributed by atoms with Gasteiger partial charge in [-0.05, 0) is 0 Å². The van der Waals surface area contributed by atoms with Crippen LogP contribution >= 0.6 is 11.3 Å². The molecular weight excluding hydrogens is 270 g/mol. The van der Waals surface area contributed by atoms with Crippen LogP contribution in [0.4, 0.5) is 4.79 Å². The third-order valence-electron chi connectivity index (χ3n) is 2.43. The van der Waals surface area contributed by atoms with Crippen LogP contribution in [-0.2, 0) is 4.79 Å². The molecule has 0 aromatic carbocycles. The van der Waals surface area contributed by atoms with Gasteiger partial charge in [0, 0.05) is 37.0 Å². The van der Waals surface area contributed by atoms with E-state index in [9.17, 15) is 9.59 Å². The molecule has 7 nitrogen and oxygen atoms in total. The predicted octanol–water partition coefficient (Wildman–Crippen LogP) is 0.381. The molecule has 0 aliphatic rings. The summed E-state index contributed by atoms with van der Waals surface area (Å²) in [7, 11) is 0. The average molecular weight is 287 g/mol. The minimum Gasteiger partial charge on any atom is -0.479 e. The Kier molecular flexibility index (Phi) is 6.23. The molecule has 0 aliphatic heterocycles. The molecule has 0 aliphatic carbocycles. The smallest absolute Gasteiger partial charge is 0.332 e. The Bertz CT molecular complexity index is 410. The van der Waals surface area contributed by atoms with E-state index in [0.717, 1.165) is 5.01 Å². The molecule has 4 N–H and O–H groups in total. The van der Waals surface area contributed by atoms with Crippen molar-refractivity contribution >= 4 is 23.3 Å². The van der Waals surface area contributed by atoms with E-state index in [0.29, 0.717) is 6.54 Å². The van der Waals surface area contributed by atoms with Gasteiger partial charge >= 0.3 is 12.0 Å². The van der Waals surface area contributed by atoms with Gasteiger partial charge in [-0.15, -0.1) is 11.3 Å². The van der Waals surface area contributed by atoms with Gasteiger partial charge in [0.2, 0.25) is 0 Å². The minimum atomic E-state index is -1.45. The Morgan fingerprint density at radius 1 is 1.47 bits per heavy atom. The number of aliphatic hydroxyl groups excluding tert-OH is 1. The van der Waals surface area contributed by atoms with Crippen LogP contribution in [-0.4, -0.2) is 46.4 Å². The summed E-state index contributed by atoms with van der Waals surface area (Å²) in [6.45, 7) is 2.50. The molecule has 2 atom stereocenters. The summed E-state index contributed by atoms with van der Waals surface area (Å²) < 4.78 is 0. The zero-order valence-electron chi connectivity index (χ0n) is 10.5. The van der Waals surface area contributed by atoms with Crippen LogP contribution < -0.4 is 10.6 Å². The van der Waals surface area contributed by atoms with E-state index in [1.54, 1.807) is 6.20 Å². The second-order valence-electron chi connectivity index (χ2n) is 4.05. The number of carboxylic acid groups (broad SMARTS) is 1. The number of amides is 2. The lowest BCUT2D eigenvalue weighted by atomic mass is 10.2. The number of carbonyl (C=O) groups is 2. The van der Waals surface area contributed by atoms with Crippen molar-refractivity contribution in [1.82, 2.24) is 15.6 Å². The molecule has 8 heteroatoms. The fourth-order valence-electron chi connectivity index (χ4n) is 1.32. The minimum absolute atomic E-state index is 0.0230. The summed E-state index contributed by atoms with van der Waals surface area (Å²) >= 11 is 1.53. The third kappa shape index (κ3) is 5.66. The molecule has 2 amide bonds. The number of rotatable bonds is 7. The molecule has 106 valence electrons. The number of carboxylic acids is 1. The topological polar surface area (TPSA) is 112 Å². The first kappa shape index (κ1) is 15.4. The normalized spacial score (nSPS) is 13.6. The van der Waals surface area contributed by atoms with Gasteiger partial charge in [-0.3, -0.25) is 0 Å². The van der Waals surface area contributed by atoms with Gasteiger partial charge in [0.15, 0.2) is 6.10 Å². The van der Waals surface area contributed by atoms with E-state index in [-0.39, 0.29) is 24.9 Å². The Labute approximate surface area is 114 Å². The average Bonchev–Trinajstić information content (AvgIpc) is 2.89. The van der Waals surface area contributed by atoms with E-state index in [4.69, 9.17) is 10.2 Å². The van der Waals surface area contributed by atoms with Crippen molar-refractivity contribution in [3.63, 3.8) is 0 Å². The molecular formula is C11H17N3O4S. The van der Waals surface area contributed by atoms with Crippen LogP contribution in [0.2, 0.25) is 0 Å². The van der Waals surface area contributed by atoms with Gasteiger partial charge in [0.25, 0.3) is 0 Å². The first-order valence-electron chi connectivity index (χ1n) is 5.82. The highest BCUT2D eigenvalue weighted by Gasteiger charge is 2.13. The highest BCUT2D eigenvalue weighted by molar-refractivity contribution is 7.09. The van der Waals surface area contributed by atoms with Gasteiger partial charge in [0.05, 0.1) is 5.01 Å². The van der Waals surface area contributed by atoms with Crippen LogP contribution in [0, 0.1) is 0 Å². The number of hydrogen-bond donors (Lipinski definition) is 4. The summed E-state index contributed by atoms with van der Waals surface area (Å²) in [5.74, 6) is -1.17. The number of aromatic nitrogens is 1. The molecule has 1 aromatic rings. The number of thiazole rings is 1. The zero-order valence-corrected chi connectivity index (χ0v) is 11.3. The van der Waals surface area contributed by atoms with E-state index in [1.165, 1.54) is 11.3 Å². The van der Waals surface area contributed by atoms with E-state index < -0.39 is 12.1 Å². The van der Waals surface area contributed by atoms with Crippen molar-refractivity contribution in [2.45, 2.75) is 25.4 Å². The summed E-state index contributed by atoms with van der Waals surface area (Å²) in [4.78, 5) is 25.9. The first-order chi connectivity index (χ1) is 9.00. The Hall–Kier alpha value is -1.67. The second kappa shape index (κ2) is 7.70. The number of urea groups is 1. The Morgan fingerprint density at radius 2 is 2.21 bits per heavy atom. The van der Waals surface area contributed by atoms with Crippen LogP contribution in [0.1, 0.15) is 24.3 Å². The lowest BCUT2D eigenvalue weighted by Gasteiger charge is -2.11. The van der Waals surface area contributed by atoms with Crippen LogP contribution in [0.5, 0.6) is 0 Å². The maximum absolute atomic E-state index is 11.4. The lowest BCUT2D eigenvalue weighted by molar-refractivity contribution is -0.146. The van der Waals surface area contributed by atoms with Crippen molar-refractivity contribution in [3.8, 4) is 0 Å². The fourth-order valence-corrected chi connectivity index (χ4v) is 2.02. The number of carbonyl (C=O) groups excluding carboxylic acids is 1. The number of nitrogens with one attached hydrogen (secondary N) is 2. The van der Waals surface area contributed by atoms with Crippen molar-refractivity contribution in [3.05, 3.63) is 16.6 Å². The van der Waals surface area contributed by atoms with Gasteiger partial charge in [-0.1, -0.05) is 6.92 Å². The molecule has 1 heterocycles. The maximum Gasteiger partial charge on any atom is 0.332 e. The largest absolute Gasteiger partial charge is 0.479 e. The van der Waals surface area contributed by atoms with Crippen molar-refractivity contribution in [2.24, 2.45) is 0 Å². The third-order valence-corrected chi connectivity index (χ3v) is 3.44. The number of hydrogen-bond acceptors (Lipinski definition) is 5. The number of aliphatic hydroxyl groups is 1. The highest BCUT2D eigenvalue weighted by atomic mass is 32.1. The molecule has 1 rings (SSSR count). The number of nitrogens with zero attached hydrogens (tertiary/aromatic N) is 1. The van der Waals surface area contributed by atoms with E-state index in [2.05, 4.69) is 15.6 Å². The highest BCUT2D eigenvalue weighted by Crippen LogP contribution is 2.16. The lowest BCUT2D eigenvalue weighted by Crippen LogP contribution is -2.39. The van der Waals surface area contributed by atoms with E-state index in [1.807, 2.05) is 12.3 Å². The molecule has 19 heavy (non-hydrogen) atoms. The molecule has 0 spiro atoms. The molecule has 0 saturated carbocycles. The van der Waals surface area contributed by atoms with Gasteiger partial charge in [-0.25, -0.2) is 14.6 Å². The second-order valence-corrected chi connectivity index (χ2v) is 4.98. The summed E-state index contributed by atoms with van der Waals surface area (Å²) in [6, 6.07) is -0.388. The molecule has 2 unspecified atom stereocenters. The van der Waals surface area contributed by atoms with Gasteiger partial charge in [-0.2, -0.15) is 0 Å². The SMILES string of the molecule is CC(CNC(=O)NCCC(O)C(=O)O)c1nccs1. The van der Waals surface area contributed by atoms with E-state index >= 15 is 0 Å². The first-order valence-corrected chi connectivity index (χ1v) is 6.70. The fraction of sp³-hybridized carbons (Fsp3) is 0.545. The Morgan fingerprint density at radius 3 is 2.79 bits per heavy atom. The molecule has 0 radical (unpaired) electrons. The quantitative estimate of drug-likeness (QED) is 0.579. The summed E-state index contributed by atoms with van der Waals surface area (Å²) in [6.07, 6.45) is 0.240. The Balaban J connectivity index is 2.16. The van der Waals surface area contributed by atoms with Gasteiger partial charge < -0.3 is 20.8 Å². The number of aliphatic carboxylic acids is 1. The van der Waals surface area contributed by atoms with Crippen molar-refractivity contribution < 1.29 is 19.8 Å². The molecule has 0 saturated heterocycles. The molecule has 1 aromatic heterocycles. The molecule has 0 bridgehead atoms. The standard InChI is InChI=1S/C11H17N3O4S/c1-7(9-12-4-5-19-9)6-14-11(18)13-3-2-8(15)10(16)17/h4-5,7-8,15H,2-3,6H2,1H3,(H,16,17)(H2,13,14,18). The van der Waals surface area contributed by atoms with Gasteiger partial charge in [0.1, 0.15) is 0 Å². The predicted molar refractivity (Wildman–Crippen MR) is 70.2 cm³/mol. The zero-order chi connectivity index (χ0) is 14.3.